The summed E-state index contributed by atoms with van der Waals surface area (Å²) in [7, 11) is 1.69. The minimum absolute atomic E-state index is 0.0178. The number of nitrogens with zero attached hydrogens (tertiary/aromatic N) is 1. The molecule has 2 rings (SSSR count). The zero-order chi connectivity index (χ0) is 15.4. The Morgan fingerprint density at radius 1 is 1.29 bits per heavy atom. The molecule has 0 saturated carbocycles. The quantitative estimate of drug-likeness (QED) is 0.846. The van der Waals surface area contributed by atoms with E-state index in [-0.39, 0.29) is 10.9 Å². The van der Waals surface area contributed by atoms with Gasteiger partial charge in [-0.15, -0.1) is 0 Å². The highest BCUT2D eigenvalue weighted by molar-refractivity contribution is 7.16. The van der Waals surface area contributed by atoms with Gasteiger partial charge >= 0.3 is 4.87 Å². The molecule has 0 bridgehead atoms. The van der Waals surface area contributed by atoms with Crippen molar-refractivity contribution in [3.05, 3.63) is 27.4 Å². The lowest BCUT2D eigenvalue weighted by molar-refractivity contribution is 0.207. The molecule has 1 atom stereocenters. The Bertz CT molecular complexity index is 641. The van der Waals surface area contributed by atoms with E-state index >= 15 is 0 Å². The summed E-state index contributed by atoms with van der Waals surface area (Å²) < 4.78 is 6.54. The number of ether oxygens (including phenoxy) is 1. The van der Waals surface area contributed by atoms with Gasteiger partial charge in [0.2, 0.25) is 0 Å². The highest BCUT2D eigenvalue weighted by atomic mass is 32.1. The molecule has 1 aromatic carbocycles. The van der Waals surface area contributed by atoms with Crippen LogP contribution in [0, 0.1) is 0 Å². The first-order valence-corrected chi connectivity index (χ1v) is 8.37. The summed E-state index contributed by atoms with van der Waals surface area (Å²) in [6.07, 6.45) is 2.26. The van der Waals surface area contributed by atoms with Gasteiger partial charge in [-0.1, -0.05) is 25.2 Å². The molecule has 1 N–H and O–H groups in total. The van der Waals surface area contributed by atoms with E-state index in [1.54, 1.807) is 7.11 Å². The average molecular weight is 308 g/mol. The summed E-state index contributed by atoms with van der Waals surface area (Å²) in [6.45, 7) is 8.76. The van der Waals surface area contributed by atoms with Crippen LogP contribution in [0.15, 0.2) is 16.9 Å². The molecule has 0 aliphatic rings. The van der Waals surface area contributed by atoms with Crippen LogP contribution >= 0.6 is 11.3 Å². The van der Waals surface area contributed by atoms with Crippen molar-refractivity contribution in [1.82, 2.24) is 9.88 Å². The van der Waals surface area contributed by atoms with E-state index in [9.17, 15) is 4.79 Å². The van der Waals surface area contributed by atoms with Gasteiger partial charge in [0.25, 0.3) is 0 Å². The molecule has 0 aliphatic heterocycles. The summed E-state index contributed by atoms with van der Waals surface area (Å²) in [4.78, 5) is 16.8. The van der Waals surface area contributed by atoms with Gasteiger partial charge in [0.1, 0.15) is 5.75 Å². The van der Waals surface area contributed by atoms with Crippen molar-refractivity contribution in [1.29, 1.82) is 0 Å². The lowest BCUT2D eigenvalue weighted by Crippen LogP contribution is -2.29. The van der Waals surface area contributed by atoms with Crippen LogP contribution in [-0.4, -0.2) is 30.1 Å². The van der Waals surface area contributed by atoms with Gasteiger partial charge in [0.15, 0.2) is 0 Å². The number of rotatable bonds is 7. The predicted octanol–water partition coefficient (Wildman–Crippen LogP) is 3.78. The normalized spacial score (nSPS) is 13.0. The number of thiazole rings is 1. The van der Waals surface area contributed by atoms with Gasteiger partial charge in [0.05, 0.1) is 17.3 Å². The Kier molecular flexibility index (Phi) is 5.42. The molecule has 0 fully saturated rings. The van der Waals surface area contributed by atoms with Crippen LogP contribution in [0.3, 0.4) is 0 Å². The maximum Gasteiger partial charge on any atom is 0.305 e. The molecular weight excluding hydrogens is 284 g/mol. The van der Waals surface area contributed by atoms with E-state index in [2.05, 4.69) is 36.7 Å². The highest BCUT2D eigenvalue weighted by Gasteiger charge is 2.19. The van der Waals surface area contributed by atoms with Gasteiger partial charge in [0, 0.05) is 17.7 Å². The van der Waals surface area contributed by atoms with Crippen molar-refractivity contribution < 1.29 is 4.74 Å². The first kappa shape index (κ1) is 16.0. The second-order valence-corrected chi connectivity index (χ2v) is 6.33. The van der Waals surface area contributed by atoms with E-state index in [0.29, 0.717) is 0 Å². The molecule has 1 aromatic heterocycles. The van der Waals surface area contributed by atoms with Crippen molar-refractivity contribution in [3.63, 3.8) is 0 Å². The molecule has 0 aliphatic carbocycles. The number of hydrogen-bond acceptors (Lipinski definition) is 4. The summed E-state index contributed by atoms with van der Waals surface area (Å²) in [6, 6.07) is 4.32. The zero-order valence-corrected chi connectivity index (χ0v) is 14.0. The van der Waals surface area contributed by atoms with E-state index in [0.717, 1.165) is 47.5 Å². The molecule has 5 heteroatoms. The number of fused-ring (bicyclic) bond motifs is 1. The average Bonchev–Trinajstić information content (AvgIpc) is 2.83. The summed E-state index contributed by atoms with van der Waals surface area (Å²) in [5.74, 6) is 0.848. The molecule has 1 heterocycles. The van der Waals surface area contributed by atoms with Gasteiger partial charge < -0.3 is 9.72 Å². The summed E-state index contributed by atoms with van der Waals surface area (Å²) >= 11 is 1.26. The number of hydrogen-bond donors (Lipinski definition) is 1. The third kappa shape index (κ3) is 3.47. The Morgan fingerprint density at radius 3 is 2.52 bits per heavy atom. The van der Waals surface area contributed by atoms with E-state index in [4.69, 9.17) is 4.74 Å². The SMILES string of the molecule is CCCN(CCC)C(C)c1cc2sc(=O)[nH]c2cc1OC. The second kappa shape index (κ2) is 7.09. The monoisotopic (exact) mass is 308 g/mol. The Hall–Kier alpha value is -1.33. The molecule has 116 valence electrons. The Balaban J connectivity index is 2.44. The highest BCUT2D eigenvalue weighted by Crippen LogP contribution is 2.33. The largest absolute Gasteiger partial charge is 0.496 e. The first-order valence-electron chi connectivity index (χ1n) is 7.55. The Labute approximate surface area is 129 Å². The molecule has 0 saturated heterocycles. The third-order valence-corrected chi connectivity index (χ3v) is 4.64. The maximum absolute atomic E-state index is 11.5. The van der Waals surface area contributed by atoms with Crippen LogP contribution < -0.4 is 9.61 Å². The lowest BCUT2D eigenvalue weighted by Gasteiger charge is -2.29. The van der Waals surface area contributed by atoms with Crippen molar-refractivity contribution in [2.45, 2.75) is 39.7 Å². The number of aromatic nitrogens is 1. The summed E-state index contributed by atoms with van der Waals surface area (Å²) in [5.41, 5.74) is 2.01. The summed E-state index contributed by atoms with van der Waals surface area (Å²) in [5, 5.41) is 0. The second-order valence-electron chi connectivity index (χ2n) is 5.32. The molecular formula is C16H24N2O2S. The van der Waals surface area contributed by atoms with Gasteiger partial charge in [-0.2, -0.15) is 0 Å². The van der Waals surface area contributed by atoms with Gasteiger partial charge in [-0.3, -0.25) is 9.69 Å². The molecule has 1 unspecified atom stereocenters. The molecule has 21 heavy (non-hydrogen) atoms. The van der Waals surface area contributed by atoms with Crippen LogP contribution in [0.2, 0.25) is 0 Å². The van der Waals surface area contributed by atoms with Crippen LogP contribution in [0.5, 0.6) is 5.75 Å². The third-order valence-electron chi connectivity index (χ3n) is 3.79. The van der Waals surface area contributed by atoms with E-state index in [1.165, 1.54) is 11.3 Å². The van der Waals surface area contributed by atoms with Crippen LogP contribution in [-0.2, 0) is 0 Å². The Morgan fingerprint density at radius 2 is 1.95 bits per heavy atom. The molecule has 2 aromatic rings. The van der Waals surface area contributed by atoms with Crippen LogP contribution in [0.25, 0.3) is 10.2 Å². The predicted molar refractivity (Wildman–Crippen MR) is 89.6 cm³/mol. The fourth-order valence-electron chi connectivity index (χ4n) is 2.77. The standard InChI is InChI=1S/C16H24N2O2S/c1-5-7-18(8-6-2)11(3)12-9-15-13(10-14(12)20-4)17-16(19)21-15/h9-11H,5-8H2,1-4H3,(H,17,19). The smallest absolute Gasteiger partial charge is 0.305 e. The number of methoxy groups -OCH3 is 1. The molecule has 0 radical (unpaired) electrons. The van der Waals surface area contributed by atoms with E-state index in [1.807, 2.05) is 6.07 Å². The van der Waals surface area contributed by atoms with Crippen molar-refractivity contribution >= 4 is 21.6 Å². The number of benzene rings is 1. The number of H-pyrrole nitrogens is 1. The van der Waals surface area contributed by atoms with E-state index < -0.39 is 0 Å². The first-order chi connectivity index (χ1) is 10.1. The number of nitrogens with one attached hydrogen (secondary N) is 1. The molecule has 0 spiro atoms. The fraction of sp³-hybridized carbons (Fsp3) is 0.562. The van der Waals surface area contributed by atoms with Crippen LogP contribution in [0.4, 0.5) is 0 Å². The number of aromatic amines is 1. The minimum atomic E-state index is -0.0178. The topological polar surface area (TPSA) is 45.3 Å². The van der Waals surface area contributed by atoms with Crippen molar-refractivity contribution in [2.75, 3.05) is 20.2 Å². The lowest BCUT2D eigenvalue weighted by atomic mass is 10.0. The molecule has 4 nitrogen and oxygen atoms in total. The maximum atomic E-state index is 11.5. The van der Waals surface area contributed by atoms with Gasteiger partial charge in [-0.05, 0) is 38.9 Å². The van der Waals surface area contributed by atoms with Crippen LogP contribution in [0.1, 0.15) is 45.2 Å². The zero-order valence-electron chi connectivity index (χ0n) is 13.2. The fourth-order valence-corrected chi connectivity index (χ4v) is 3.53. The molecule has 0 amide bonds. The van der Waals surface area contributed by atoms with Crippen molar-refractivity contribution in [2.24, 2.45) is 0 Å². The minimum Gasteiger partial charge on any atom is -0.496 e. The van der Waals surface area contributed by atoms with Crippen molar-refractivity contribution in [3.8, 4) is 5.75 Å². The van der Waals surface area contributed by atoms with Gasteiger partial charge in [-0.25, -0.2) is 0 Å².